The van der Waals surface area contributed by atoms with Crippen LogP contribution in [-0.4, -0.2) is 43.9 Å². The smallest absolute Gasteiger partial charge is 0.326 e. The lowest BCUT2D eigenvalue weighted by atomic mass is 10.1. The Morgan fingerprint density at radius 1 is 1.61 bits per heavy atom. The van der Waals surface area contributed by atoms with Gasteiger partial charge in [0.25, 0.3) is 0 Å². The third-order valence-corrected chi connectivity index (χ3v) is 2.57. The highest BCUT2D eigenvalue weighted by Gasteiger charge is 2.30. The fourth-order valence-corrected chi connectivity index (χ4v) is 1.78. The Bertz CT molecular complexity index is 426. The number of nitrogens with zero attached hydrogens (tertiary/aromatic N) is 2. The van der Waals surface area contributed by atoms with Crippen molar-refractivity contribution in [3.8, 4) is 0 Å². The lowest BCUT2D eigenvalue weighted by molar-refractivity contribution is -0.149. The second kappa shape index (κ2) is 6.00. The average molecular weight is 251 g/mol. The third-order valence-electron chi connectivity index (χ3n) is 2.57. The van der Waals surface area contributed by atoms with Crippen molar-refractivity contribution >= 4 is 11.9 Å². The van der Waals surface area contributed by atoms with Gasteiger partial charge in [-0.3, -0.25) is 4.79 Å². The molecule has 0 saturated heterocycles. The Morgan fingerprint density at radius 2 is 2.28 bits per heavy atom. The zero-order valence-corrected chi connectivity index (χ0v) is 10.5. The van der Waals surface area contributed by atoms with Gasteiger partial charge >= 0.3 is 5.97 Å². The Hall–Kier alpha value is -2.11. The van der Waals surface area contributed by atoms with Crippen molar-refractivity contribution in [3.05, 3.63) is 30.9 Å². The number of imidazole rings is 1. The second-order valence-electron chi connectivity index (χ2n) is 4.18. The van der Waals surface area contributed by atoms with E-state index in [-0.39, 0.29) is 12.5 Å². The summed E-state index contributed by atoms with van der Waals surface area (Å²) in [6, 6.07) is -1.16. The fourth-order valence-electron chi connectivity index (χ4n) is 1.78. The van der Waals surface area contributed by atoms with Gasteiger partial charge in [-0.1, -0.05) is 6.58 Å². The number of carboxylic acids is 1. The van der Waals surface area contributed by atoms with Crippen molar-refractivity contribution < 1.29 is 14.7 Å². The fraction of sp³-hybridized carbons (Fsp3) is 0.417. The summed E-state index contributed by atoms with van der Waals surface area (Å²) in [5.41, 5.74) is 0.671. The van der Waals surface area contributed by atoms with Crippen LogP contribution in [0.5, 0.6) is 0 Å². The molecule has 1 aromatic heterocycles. The second-order valence-corrected chi connectivity index (χ2v) is 4.18. The molecule has 0 unspecified atom stereocenters. The third kappa shape index (κ3) is 3.19. The van der Waals surface area contributed by atoms with Gasteiger partial charge < -0.3 is 15.0 Å². The molecule has 1 rings (SSSR count). The summed E-state index contributed by atoms with van der Waals surface area (Å²) in [6.07, 6.45) is 4.34. The van der Waals surface area contributed by atoms with Crippen molar-refractivity contribution in [1.29, 1.82) is 0 Å². The molecule has 1 aromatic rings. The van der Waals surface area contributed by atoms with Crippen LogP contribution in [0, 0.1) is 0 Å². The van der Waals surface area contributed by atoms with E-state index in [9.17, 15) is 14.7 Å². The van der Waals surface area contributed by atoms with Gasteiger partial charge in [0.15, 0.2) is 0 Å². The quantitative estimate of drug-likeness (QED) is 0.733. The highest BCUT2D eigenvalue weighted by Crippen LogP contribution is 2.12. The van der Waals surface area contributed by atoms with Gasteiger partial charge in [-0.15, -0.1) is 0 Å². The minimum Gasteiger partial charge on any atom is -0.480 e. The molecule has 2 N–H and O–H groups in total. The topological polar surface area (TPSA) is 86.3 Å². The Morgan fingerprint density at radius 3 is 2.67 bits per heavy atom. The first-order chi connectivity index (χ1) is 8.47. The van der Waals surface area contributed by atoms with Gasteiger partial charge in [0, 0.05) is 24.4 Å². The van der Waals surface area contributed by atoms with Crippen LogP contribution < -0.4 is 0 Å². The summed E-state index contributed by atoms with van der Waals surface area (Å²) in [5, 5.41) is 9.27. The van der Waals surface area contributed by atoms with Crippen LogP contribution in [0.15, 0.2) is 25.2 Å². The van der Waals surface area contributed by atoms with E-state index in [0.717, 1.165) is 6.08 Å². The molecular weight excluding hydrogens is 234 g/mol. The summed E-state index contributed by atoms with van der Waals surface area (Å²) in [7, 11) is 0. The summed E-state index contributed by atoms with van der Waals surface area (Å²) in [5.74, 6) is -1.44. The summed E-state index contributed by atoms with van der Waals surface area (Å²) < 4.78 is 0. The zero-order valence-electron chi connectivity index (χ0n) is 10.5. The first kappa shape index (κ1) is 14.0. The Kier molecular flexibility index (Phi) is 4.65. The molecule has 0 aliphatic carbocycles. The molecule has 0 fully saturated rings. The van der Waals surface area contributed by atoms with Gasteiger partial charge in [0.05, 0.1) is 6.33 Å². The number of aliphatic carboxylic acids is 1. The van der Waals surface area contributed by atoms with E-state index in [1.54, 1.807) is 20.0 Å². The molecule has 0 bridgehead atoms. The van der Waals surface area contributed by atoms with Crippen LogP contribution in [0.25, 0.3) is 0 Å². The Labute approximate surface area is 105 Å². The number of rotatable bonds is 6. The highest BCUT2D eigenvalue weighted by molar-refractivity contribution is 5.91. The normalized spacial score (nSPS) is 12.2. The van der Waals surface area contributed by atoms with Crippen LogP contribution >= 0.6 is 0 Å². The maximum absolute atomic E-state index is 11.7. The van der Waals surface area contributed by atoms with Crippen LogP contribution in [0.4, 0.5) is 0 Å². The molecule has 1 amide bonds. The average Bonchev–Trinajstić information content (AvgIpc) is 2.79. The molecule has 1 heterocycles. The summed E-state index contributed by atoms with van der Waals surface area (Å²) in [4.78, 5) is 31.0. The molecule has 0 aliphatic heterocycles. The van der Waals surface area contributed by atoms with Crippen molar-refractivity contribution in [3.63, 3.8) is 0 Å². The monoisotopic (exact) mass is 251 g/mol. The molecule has 98 valence electrons. The van der Waals surface area contributed by atoms with Crippen LogP contribution in [-0.2, 0) is 16.0 Å². The number of carbonyl (C=O) groups excluding carboxylic acids is 1. The molecule has 0 aromatic carbocycles. The number of carboxylic acid groups (broad SMARTS) is 1. The van der Waals surface area contributed by atoms with Crippen LogP contribution in [0.2, 0.25) is 0 Å². The molecule has 0 saturated carbocycles. The summed E-state index contributed by atoms with van der Waals surface area (Å²) >= 11 is 0. The van der Waals surface area contributed by atoms with E-state index < -0.39 is 17.9 Å². The van der Waals surface area contributed by atoms with Crippen molar-refractivity contribution in [1.82, 2.24) is 14.9 Å². The number of amides is 1. The van der Waals surface area contributed by atoms with Crippen molar-refractivity contribution in [2.45, 2.75) is 32.4 Å². The van der Waals surface area contributed by atoms with E-state index >= 15 is 0 Å². The van der Waals surface area contributed by atoms with E-state index in [1.807, 2.05) is 0 Å². The van der Waals surface area contributed by atoms with E-state index in [0.29, 0.717) is 5.69 Å². The van der Waals surface area contributed by atoms with Crippen molar-refractivity contribution in [2.24, 2.45) is 0 Å². The van der Waals surface area contributed by atoms with Gasteiger partial charge in [-0.05, 0) is 19.9 Å². The molecule has 1 atom stereocenters. The van der Waals surface area contributed by atoms with Crippen molar-refractivity contribution in [2.75, 3.05) is 0 Å². The minimum atomic E-state index is -1.05. The number of nitrogens with one attached hydrogen (secondary N) is 1. The molecule has 6 heteroatoms. The van der Waals surface area contributed by atoms with Gasteiger partial charge in [-0.25, -0.2) is 9.78 Å². The first-order valence-corrected chi connectivity index (χ1v) is 5.62. The Balaban J connectivity index is 2.97. The number of aromatic amines is 1. The standard InChI is InChI=1S/C12H17N3O3/c1-4-11(16)15(8(2)3)10(12(17)18)5-9-6-13-7-14-9/h4,6-8,10H,1,5H2,2-3H3,(H,13,14)(H,17,18)/t10-/m0/s1. The lowest BCUT2D eigenvalue weighted by Crippen LogP contribution is -2.49. The molecule has 0 radical (unpaired) electrons. The molecular formula is C12H17N3O3. The van der Waals surface area contributed by atoms with E-state index in [1.165, 1.54) is 11.2 Å². The predicted molar refractivity (Wildman–Crippen MR) is 65.9 cm³/mol. The van der Waals surface area contributed by atoms with E-state index in [2.05, 4.69) is 16.5 Å². The number of hydrogen-bond acceptors (Lipinski definition) is 3. The minimum absolute atomic E-state index is 0.188. The molecule has 6 nitrogen and oxygen atoms in total. The van der Waals surface area contributed by atoms with Gasteiger partial charge in [-0.2, -0.15) is 0 Å². The number of aromatic nitrogens is 2. The van der Waals surface area contributed by atoms with E-state index in [4.69, 9.17) is 0 Å². The van der Waals surface area contributed by atoms with Gasteiger partial charge in [0.2, 0.25) is 5.91 Å². The zero-order chi connectivity index (χ0) is 13.7. The molecule has 0 aliphatic rings. The van der Waals surface area contributed by atoms with Gasteiger partial charge in [0.1, 0.15) is 6.04 Å². The molecule has 0 spiro atoms. The maximum Gasteiger partial charge on any atom is 0.326 e. The summed E-state index contributed by atoms with van der Waals surface area (Å²) in [6.45, 7) is 6.93. The number of H-pyrrole nitrogens is 1. The van der Waals surface area contributed by atoms with Crippen LogP contribution in [0.1, 0.15) is 19.5 Å². The largest absolute Gasteiger partial charge is 0.480 e. The van der Waals surface area contributed by atoms with Crippen LogP contribution in [0.3, 0.4) is 0 Å². The molecule has 18 heavy (non-hydrogen) atoms. The maximum atomic E-state index is 11.7. The first-order valence-electron chi connectivity index (χ1n) is 5.62. The lowest BCUT2D eigenvalue weighted by Gasteiger charge is -2.31. The predicted octanol–water partition coefficient (Wildman–Crippen LogP) is 0.828. The highest BCUT2D eigenvalue weighted by atomic mass is 16.4. The SMILES string of the molecule is C=CC(=O)N(C(C)C)[C@@H](Cc1cnc[nH]1)C(=O)O. The number of hydrogen-bond donors (Lipinski definition) is 2. The number of carbonyl (C=O) groups is 2.